The molecule has 0 radical (unpaired) electrons. The Morgan fingerprint density at radius 3 is 2.68 bits per heavy atom. The normalized spacial score (nSPS) is 15.9. The van der Waals surface area contributed by atoms with Crippen molar-refractivity contribution in [3.8, 4) is 17.6 Å². The lowest BCUT2D eigenvalue weighted by Crippen LogP contribution is -2.48. The van der Waals surface area contributed by atoms with Crippen molar-refractivity contribution in [3.63, 3.8) is 0 Å². The maximum absolute atomic E-state index is 13.2. The number of amides is 1. The van der Waals surface area contributed by atoms with Crippen molar-refractivity contribution in [1.29, 1.82) is 0 Å². The molecule has 200 valence electrons. The zero-order valence-electron chi connectivity index (χ0n) is 20.8. The minimum Gasteiger partial charge on any atom is -0.497 e. The highest BCUT2D eigenvalue weighted by atomic mass is 35.5. The van der Waals surface area contributed by atoms with E-state index >= 15 is 0 Å². The number of halogens is 3. The number of pyridine rings is 1. The largest absolute Gasteiger partial charge is 0.497 e. The first-order chi connectivity index (χ1) is 18.3. The van der Waals surface area contributed by atoms with Crippen molar-refractivity contribution in [1.82, 2.24) is 15.4 Å². The van der Waals surface area contributed by atoms with Crippen LogP contribution in [0.2, 0.25) is 10.0 Å². The summed E-state index contributed by atoms with van der Waals surface area (Å²) in [6.07, 6.45) is 2.10. The first-order valence-corrected chi connectivity index (χ1v) is 12.9. The number of carbonyl (C=O) groups excluding carboxylic acids is 1. The number of hydrogen-bond acceptors (Lipinski definition) is 6. The summed E-state index contributed by atoms with van der Waals surface area (Å²) in [6.45, 7) is 1.60. The molecule has 1 aliphatic heterocycles. The summed E-state index contributed by atoms with van der Waals surface area (Å²) in [5.41, 5.74) is 2.71. The van der Waals surface area contributed by atoms with Crippen molar-refractivity contribution in [2.45, 2.75) is 31.8 Å². The summed E-state index contributed by atoms with van der Waals surface area (Å²) in [7, 11) is 1.56. The Kier molecular flexibility index (Phi) is 9.08. The average molecular weight is 560 g/mol. The number of carbonyl (C=O) groups is 1. The van der Waals surface area contributed by atoms with Gasteiger partial charge in [-0.15, -0.1) is 0 Å². The number of aromatic nitrogens is 1. The van der Waals surface area contributed by atoms with Crippen molar-refractivity contribution in [2.24, 2.45) is 5.41 Å². The maximum atomic E-state index is 13.2. The molecule has 3 N–H and O–H groups in total. The Hall–Kier alpha value is -2.93. The standard InChI is InChI=1S/C28H28Cl2FN3O4/c1-38-20-6-7-24-21(16-20)26(23(30)17-32-24)25(35)8-9-28(27(36)33-37)10-13-34(14-11-28)12-2-3-18-4-5-19(31)15-22(18)29/h4-7,15-17,25,35,37H,8-14H2,1H3,(H,33,36). The van der Waals surface area contributed by atoms with Crippen molar-refractivity contribution < 1.29 is 24.2 Å². The van der Waals surface area contributed by atoms with Crippen LogP contribution >= 0.6 is 23.2 Å². The predicted molar refractivity (Wildman–Crippen MR) is 144 cm³/mol. The Bertz CT molecular complexity index is 1380. The second-order valence-corrected chi connectivity index (χ2v) is 10.2. The lowest BCUT2D eigenvalue weighted by molar-refractivity contribution is -0.143. The smallest absolute Gasteiger partial charge is 0.249 e. The molecule has 0 spiro atoms. The van der Waals surface area contributed by atoms with Gasteiger partial charge in [-0.3, -0.25) is 19.9 Å². The quantitative estimate of drug-likeness (QED) is 0.211. The molecule has 1 amide bonds. The summed E-state index contributed by atoms with van der Waals surface area (Å²) in [4.78, 5) is 19.2. The first kappa shape index (κ1) is 28.1. The summed E-state index contributed by atoms with van der Waals surface area (Å²) < 4.78 is 18.6. The number of likely N-dealkylation sites (tertiary alicyclic amines) is 1. The molecule has 0 aliphatic carbocycles. The molecule has 1 unspecified atom stereocenters. The fourth-order valence-corrected chi connectivity index (χ4v) is 5.37. The van der Waals surface area contributed by atoms with Gasteiger partial charge in [0.2, 0.25) is 5.91 Å². The number of hydrogen-bond donors (Lipinski definition) is 3. The van der Waals surface area contributed by atoms with Crippen LogP contribution in [0.15, 0.2) is 42.6 Å². The molecule has 7 nitrogen and oxygen atoms in total. The number of hydroxylamine groups is 1. The highest BCUT2D eigenvalue weighted by Crippen LogP contribution is 2.41. The van der Waals surface area contributed by atoms with Gasteiger partial charge in [0.25, 0.3) is 0 Å². The number of ether oxygens (including phenoxy) is 1. The Morgan fingerprint density at radius 2 is 2.00 bits per heavy atom. The minimum atomic E-state index is -0.951. The highest BCUT2D eigenvalue weighted by molar-refractivity contribution is 6.32. The van der Waals surface area contributed by atoms with Gasteiger partial charge in [-0.1, -0.05) is 35.0 Å². The molecular formula is C28H28Cl2FN3O4. The van der Waals surface area contributed by atoms with Gasteiger partial charge in [0.15, 0.2) is 0 Å². The van der Waals surface area contributed by atoms with E-state index in [-0.39, 0.29) is 11.4 Å². The molecule has 10 heteroatoms. The number of benzene rings is 2. The average Bonchev–Trinajstić information content (AvgIpc) is 2.92. The number of methoxy groups -OCH3 is 1. The van der Waals surface area contributed by atoms with E-state index in [4.69, 9.17) is 27.9 Å². The van der Waals surface area contributed by atoms with Crippen LogP contribution in [-0.4, -0.2) is 52.8 Å². The lowest BCUT2D eigenvalue weighted by Gasteiger charge is -2.40. The van der Waals surface area contributed by atoms with Gasteiger partial charge in [-0.2, -0.15) is 0 Å². The Morgan fingerprint density at radius 1 is 1.24 bits per heavy atom. The van der Waals surface area contributed by atoms with Crippen LogP contribution in [0.4, 0.5) is 4.39 Å². The van der Waals surface area contributed by atoms with Crippen LogP contribution in [0, 0.1) is 23.1 Å². The number of nitrogens with zero attached hydrogens (tertiary/aromatic N) is 2. The third-order valence-electron chi connectivity index (χ3n) is 7.15. The van der Waals surface area contributed by atoms with E-state index in [2.05, 4.69) is 21.7 Å². The van der Waals surface area contributed by atoms with Gasteiger partial charge in [0, 0.05) is 35.8 Å². The summed E-state index contributed by atoms with van der Waals surface area (Å²) in [5, 5.41) is 21.9. The molecule has 3 aromatic rings. The number of fused-ring (bicyclic) bond motifs is 1. The van der Waals surface area contributed by atoms with Crippen molar-refractivity contribution in [3.05, 3.63) is 69.6 Å². The van der Waals surface area contributed by atoms with Crippen LogP contribution in [0.3, 0.4) is 0 Å². The summed E-state index contributed by atoms with van der Waals surface area (Å²) >= 11 is 12.5. The third-order valence-corrected chi connectivity index (χ3v) is 7.76. The van der Waals surface area contributed by atoms with Crippen LogP contribution < -0.4 is 10.2 Å². The van der Waals surface area contributed by atoms with Gasteiger partial charge in [-0.25, -0.2) is 9.87 Å². The highest BCUT2D eigenvalue weighted by Gasteiger charge is 2.41. The number of nitrogens with one attached hydrogen (secondary N) is 1. The minimum absolute atomic E-state index is 0.256. The monoisotopic (exact) mass is 559 g/mol. The maximum Gasteiger partial charge on any atom is 0.249 e. The molecule has 1 atom stereocenters. The van der Waals surface area contributed by atoms with Crippen LogP contribution in [0.1, 0.15) is 42.9 Å². The predicted octanol–water partition coefficient (Wildman–Crippen LogP) is 5.14. The lowest BCUT2D eigenvalue weighted by atomic mass is 9.73. The SMILES string of the molecule is COc1ccc2ncc(Cl)c(C(O)CCC3(C(=O)NO)CCN(CC#Cc4ccc(F)cc4Cl)CC3)c2c1. The third kappa shape index (κ3) is 6.20. The number of aliphatic hydroxyl groups excluding tert-OH is 1. The topological polar surface area (TPSA) is 94.9 Å². The number of rotatable bonds is 7. The van der Waals surface area contributed by atoms with Gasteiger partial charge >= 0.3 is 0 Å². The second-order valence-electron chi connectivity index (χ2n) is 9.38. The van der Waals surface area contributed by atoms with Crippen LogP contribution in [-0.2, 0) is 4.79 Å². The van der Waals surface area contributed by atoms with Gasteiger partial charge in [0.1, 0.15) is 11.6 Å². The molecule has 2 aromatic carbocycles. The molecule has 1 aromatic heterocycles. The zero-order chi connectivity index (χ0) is 27.3. The van der Waals surface area contributed by atoms with E-state index < -0.39 is 23.2 Å². The van der Waals surface area contributed by atoms with Crippen molar-refractivity contribution in [2.75, 3.05) is 26.7 Å². The molecule has 1 fully saturated rings. The van der Waals surface area contributed by atoms with E-state index in [0.717, 1.165) is 0 Å². The van der Waals surface area contributed by atoms with Gasteiger partial charge < -0.3 is 9.84 Å². The Labute approximate surface area is 230 Å². The zero-order valence-corrected chi connectivity index (χ0v) is 22.3. The Balaban J connectivity index is 1.44. The number of piperidine rings is 1. The van der Waals surface area contributed by atoms with Gasteiger partial charge in [0.05, 0.1) is 40.7 Å². The van der Waals surface area contributed by atoms with Gasteiger partial charge in [-0.05, 0) is 62.1 Å². The number of aliphatic hydroxyl groups is 1. The molecule has 0 bridgehead atoms. The van der Waals surface area contributed by atoms with Crippen LogP contribution in [0.25, 0.3) is 10.9 Å². The summed E-state index contributed by atoms with van der Waals surface area (Å²) in [6, 6.07) is 9.43. The molecule has 0 saturated carbocycles. The summed E-state index contributed by atoms with van der Waals surface area (Å²) in [5.74, 6) is 5.74. The molecule has 2 heterocycles. The molecule has 38 heavy (non-hydrogen) atoms. The van der Waals surface area contributed by atoms with E-state index in [1.807, 2.05) is 5.48 Å². The van der Waals surface area contributed by atoms with E-state index in [1.165, 1.54) is 24.4 Å². The van der Waals surface area contributed by atoms with E-state index in [9.17, 15) is 19.5 Å². The van der Waals surface area contributed by atoms with Crippen LogP contribution in [0.5, 0.6) is 5.75 Å². The first-order valence-electron chi connectivity index (χ1n) is 12.2. The van der Waals surface area contributed by atoms with Crippen molar-refractivity contribution >= 4 is 40.0 Å². The van der Waals surface area contributed by atoms with E-state index in [1.54, 1.807) is 25.3 Å². The fraction of sp³-hybridized carbons (Fsp3) is 0.357. The molecular weight excluding hydrogens is 532 g/mol. The van der Waals surface area contributed by atoms with E-state index in [0.29, 0.717) is 71.7 Å². The second kappa shape index (κ2) is 12.3. The fourth-order valence-electron chi connectivity index (χ4n) is 4.88. The molecule has 1 saturated heterocycles. The molecule has 1 aliphatic rings. The molecule has 4 rings (SSSR count).